The lowest BCUT2D eigenvalue weighted by Gasteiger charge is -2.33. The predicted molar refractivity (Wildman–Crippen MR) is 82.8 cm³/mol. The highest BCUT2D eigenvalue weighted by atomic mass is 32.1. The first-order chi connectivity index (χ1) is 10.2. The number of nitrogen functional groups attached to an aromatic ring is 1. The van der Waals surface area contributed by atoms with Crippen LogP contribution in [0, 0.1) is 0 Å². The van der Waals surface area contributed by atoms with Gasteiger partial charge in [-0.2, -0.15) is 0 Å². The molecule has 3 N–H and O–H groups in total. The quantitative estimate of drug-likeness (QED) is 0.639. The van der Waals surface area contributed by atoms with Gasteiger partial charge in [0.1, 0.15) is 10.7 Å². The largest absolute Gasteiger partial charge is 0.340 e. The van der Waals surface area contributed by atoms with Crippen LogP contribution in [0.1, 0.15) is 12.7 Å². The first-order valence-electron chi connectivity index (χ1n) is 6.86. The van der Waals surface area contributed by atoms with Crippen molar-refractivity contribution in [2.45, 2.75) is 13.5 Å². The lowest BCUT2D eigenvalue weighted by atomic mass is 10.3. The fourth-order valence-electron chi connectivity index (χ4n) is 2.50. The van der Waals surface area contributed by atoms with E-state index in [0.29, 0.717) is 12.4 Å². The van der Waals surface area contributed by atoms with Crippen LogP contribution in [0.4, 0.5) is 5.82 Å². The highest BCUT2D eigenvalue weighted by Gasteiger charge is 2.20. The Kier molecular flexibility index (Phi) is 4.00. The number of fused-ring (bicyclic) bond motifs is 1. The van der Waals surface area contributed by atoms with Crippen molar-refractivity contribution in [3.63, 3.8) is 0 Å². The Bertz CT molecular complexity index is 649. The third kappa shape index (κ3) is 2.97. The van der Waals surface area contributed by atoms with Crippen molar-refractivity contribution in [2.75, 3.05) is 31.6 Å². The number of thiophene rings is 1. The lowest BCUT2D eigenvalue weighted by molar-refractivity contribution is -0.130. The van der Waals surface area contributed by atoms with Crippen LogP contribution in [0.5, 0.6) is 0 Å². The molecule has 3 rings (SSSR count). The minimum Gasteiger partial charge on any atom is -0.340 e. The second-order valence-corrected chi connectivity index (χ2v) is 5.95. The van der Waals surface area contributed by atoms with E-state index in [2.05, 4.69) is 20.3 Å². The number of anilines is 1. The highest BCUT2D eigenvalue weighted by molar-refractivity contribution is 7.16. The molecule has 1 amide bonds. The van der Waals surface area contributed by atoms with Gasteiger partial charge in [0.05, 0.1) is 11.9 Å². The average Bonchev–Trinajstić information content (AvgIpc) is 2.95. The van der Waals surface area contributed by atoms with Gasteiger partial charge in [-0.25, -0.2) is 15.8 Å². The maximum atomic E-state index is 11.3. The fourth-order valence-corrected chi connectivity index (χ4v) is 3.28. The molecule has 1 aliphatic heterocycles. The highest BCUT2D eigenvalue weighted by Crippen LogP contribution is 2.24. The van der Waals surface area contributed by atoms with E-state index in [1.54, 1.807) is 18.3 Å². The topological polar surface area (TPSA) is 87.4 Å². The van der Waals surface area contributed by atoms with Gasteiger partial charge in [0.15, 0.2) is 5.82 Å². The van der Waals surface area contributed by atoms with E-state index in [1.165, 1.54) is 0 Å². The standard InChI is InChI=1S/C13H18N6OS/c1-9(20)19-5-3-18(4-6-19)8-11-15-12(17-14)10-2-7-21-13(10)16-11/h2,7H,3-6,8,14H2,1H3,(H,15,16,17). The van der Waals surface area contributed by atoms with Crippen LogP contribution in [-0.4, -0.2) is 51.9 Å². The van der Waals surface area contributed by atoms with Gasteiger partial charge in [-0.1, -0.05) is 0 Å². The number of nitrogens with two attached hydrogens (primary N) is 1. The number of carbonyl (C=O) groups is 1. The molecule has 1 saturated heterocycles. The number of amides is 1. The molecule has 0 saturated carbocycles. The number of carbonyl (C=O) groups excluding carboxylic acids is 1. The van der Waals surface area contributed by atoms with Crippen LogP contribution < -0.4 is 11.3 Å². The Morgan fingerprint density at radius 1 is 1.38 bits per heavy atom. The number of rotatable bonds is 3. The van der Waals surface area contributed by atoms with E-state index in [9.17, 15) is 4.79 Å². The van der Waals surface area contributed by atoms with Gasteiger partial charge in [0.2, 0.25) is 5.91 Å². The molecule has 0 spiro atoms. The summed E-state index contributed by atoms with van der Waals surface area (Å²) in [6, 6.07) is 1.96. The molecular weight excluding hydrogens is 288 g/mol. The maximum Gasteiger partial charge on any atom is 0.219 e. The molecule has 0 radical (unpaired) electrons. The molecule has 7 nitrogen and oxygen atoms in total. The third-order valence-electron chi connectivity index (χ3n) is 3.69. The van der Waals surface area contributed by atoms with Gasteiger partial charge in [0.25, 0.3) is 0 Å². The van der Waals surface area contributed by atoms with E-state index in [4.69, 9.17) is 5.84 Å². The van der Waals surface area contributed by atoms with Crippen LogP contribution >= 0.6 is 11.3 Å². The molecule has 0 unspecified atom stereocenters. The van der Waals surface area contributed by atoms with Crippen molar-refractivity contribution in [3.8, 4) is 0 Å². The minimum absolute atomic E-state index is 0.139. The Hall–Kier alpha value is -1.77. The Morgan fingerprint density at radius 3 is 2.81 bits per heavy atom. The fraction of sp³-hybridized carbons (Fsp3) is 0.462. The molecule has 0 aromatic carbocycles. The monoisotopic (exact) mass is 306 g/mol. The SMILES string of the molecule is CC(=O)N1CCN(Cc2nc(NN)c3ccsc3n2)CC1. The maximum absolute atomic E-state index is 11.3. The van der Waals surface area contributed by atoms with Gasteiger partial charge in [-0.3, -0.25) is 9.69 Å². The van der Waals surface area contributed by atoms with Crippen molar-refractivity contribution >= 4 is 33.3 Å². The molecular formula is C13H18N6OS. The molecule has 8 heteroatoms. The van der Waals surface area contributed by atoms with Crippen molar-refractivity contribution in [2.24, 2.45) is 5.84 Å². The van der Waals surface area contributed by atoms with Crippen molar-refractivity contribution in [3.05, 3.63) is 17.3 Å². The molecule has 1 aliphatic rings. The zero-order chi connectivity index (χ0) is 14.8. The summed E-state index contributed by atoms with van der Waals surface area (Å²) in [5, 5.41) is 2.93. The van der Waals surface area contributed by atoms with Gasteiger partial charge in [-0.05, 0) is 11.4 Å². The van der Waals surface area contributed by atoms with Gasteiger partial charge in [0, 0.05) is 33.1 Å². The zero-order valence-corrected chi connectivity index (χ0v) is 12.7. The van der Waals surface area contributed by atoms with Crippen molar-refractivity contribution < 1.29 is 4.79 Å². The van der Waals surface area contributed by atoms with E-state index < -0.39 is 0 Å². The molecule has 3 heterocycles. The number of nitrogens with zero attached hydrogens (tertiary/aromatic N) is 4. The molecule has 0 aliphatic carbocycles. The zero-order valence-electron chi connectivity index (χ0n) is 11.9. The summed E-state index contributed by atoms with van der Waals surface area (Å²) < 4.78 is 0. The Labute approximate surface area is 126 Å². The second kappa shape index (κ2) is 5.92. The lowest BCUT2D eigenvalue weighted by Crippen LogP contribution is -2.47. The molecule has 1 fully saturated rings. The molecule has 112 valence electrons. The number of aromatic nitrogens is 2. The average molecular weight is 306 g/mol. The molecule has 0 bridgehead atoms. The molecule has 2 aromatic heterocycles. The van der Waals surface area contributed by atoms with E-state index in [0.717, 1.165) is 42.2 Å². The number of hydrogen-bond donors (Lipinski definition) is 2. The third-order valence-corrected chi connectivity index (χ3v) is 4.50. The van der Waals surface area contributed by atoms with Crippen LogP contribution in [-0.2, 0) is 11.3 Å². The number of hydrogen-bond acceptors (Lipinski definition) is 7. The van der Waals surface area contributed by atoms with Crippen LogP contribution in [0.2, 0.25) is 0 Å². The first-order valence-corrected chi connectivity index (χ1v) is 7.74. The van der Waals surface area contributed by atoms with Crippen molar-refractivity contribution in [1.29, 1.82) is 0 Å². The predicted octanol–water partition coefficient (Wildman–Crippen LogP) is 0.641. The van der Waals surface area contributed by atoms with Gasteiger partial charge < -0.3 is 10.3 Å². The Balaban J connectivity index is 1.72. The summed E-state index contributed by atoms with van der Waals surface area (Å²) in [5.41, 5.74) is 2.64. The summed E-state index contributed by atoms with van der Waals surface area (Å²) in [6.45, 7) is 5.50. The first kappa shape index (κ1) is 14.2. The summed E-state index contributed by atoms with van der Waals surface area (Å²) in [6.07, 6.45) is 0. The van der Waals surface area contributed by atoms with Crippen LogP contribution in [0.15, 0.2) is 11.4 Å². The van der Waals surface area contributed by atoms with E-state index in [1.807, 2.05) is 16.3 Å². The van der Waals surface area contributed by atoms with E-state index in [-0.39, 0.29) is 5.91 Å². The molecule has 0 atom stereocenters. The second-order valence-electron chi connectivity index (χ2n) is 5.05. The van der Waals surface area contributed by atoms with Gasteiger partial charge >= 0.3 is 0 Å². The van der Waals surface area contributed by atoms with Gasteiger partial charge in [-0.15, -0.1) is 11.3 Å². The smallest absolute Gasteiger partial charge is 0.219 e. The number of piperazine rings is 1. The normalized spacial score (nSPS) is 16.4. The summed E-state index contributed by atoms with van der Waals surface area (Å²) in [7, 11) is 0. The number of hydrazine groups is 1. The van der Waals surface area contributed by atoms with Crippen LogP contribution in [0.3, 0.4) is 0 Å². The summed E-state index contributed by atoms with van der Waals surface area (Å²) >= 11 is 1.58. The number of nitrogens with one attached hydrogen (secondary N) is 1. The Morgan fingerprint density at radius 2 is 2.14 bits per heavy atom. The van der Waals surface area contributed by atoms with Crippen LogP contribution in [0.25, 0.3) is 10.2 Å². The van der Waals surface area contributed by atoms with E-state index >= 15 is 0 Å². The summed E-state index contributed by atoms with van der Waals surface area (Å²) in [4.78, 5) is 25.5. The van der Waals surface area contributed by atoms with Crippen molar-refractivity contribution in [1.82, 2.24) is 19.8 Å². The minimum atomic E-state index is 0.139. The summed E-state index contributed by atoms with van der Waals surface area (Å²) in [5.74, 6) is 7.10. The molecule has 21 heavy (non-hydrogen) atoms. The molecule has 2 aromatic rings.